The molecule has 1 rings (SSSR count). The van der Waals surface area contributed by atoms with Crippen LogP contribution in [-0.2, 0) is 6.42 Å². The number of nitrogen functional groups attached to an aromatic ring is 1. The van der Waals surface area contributed by atoms with Crippen LogP contribution in [0, 0.1) is 5.92 Å². The summed E-state index contributed by atoms with van der Waals surface area (Å²) in [5, 5.41) is 3.54. The molecule has 1 aromatic rings. The molecule has 1 heterocycles. The highest BCUT2D eigenvalue weighted by Crippen LogP contribution is 2.14. The van der Waals surface area contributed by atoms with E-state index in [1.807, 2.05) is 12.1 Å². The molecule has 3 N–H and O–H groups in total. The van der Waals surface area contributed by atoms with Crippen molar-refractivity contribution in [3.8, 4) is 0 Å². The molecule has 2 atom stereocenters. The predicted molar refractivity (Wildman–Crippen MR) is 69.3 cm³/mol. The highest BCUT2D eigenvalue weighted by atomic mass is 14.9. The van der Waals surface area contributed by atoms with Gasteiger partial charge in [-0.2, -0.15) is 0 Å². The van der Waals surface area contributed by atoms with Crippen molar-refractivity contribution in [3.63, 3.8) is 0 Å². The van der Waals surface area contributed by atoms with E-state index < -0.39 is 0 Å². The Labute approximate surface area is 98.5 Å². The molecule has 0 spiro atoms. The summed E-state index contributed by atoms with van der Waals surface area (Å²) in [6, 6.07) is 4.53. The number of anilines is 1. The van der Waals surface area contributed by atoms with Gasteiger partial charge in [0.05, 0.1) is 0 Å². The smallest absolute Gasteiger partial charge is 0.123 e. The lowest BCUT2D eigenvalue weighted by Gasteiger charge is -2.24. The monoisotopic (exact) mass is 221 g/mol. The third kappa shape index (κ3) is 3.81. The van der Waals surface area contributed by atoms with Gasteiger partial charge >= 0.3 is 0 Å². The van der Waals surface area contributed by atoms with Crippen LogP contribution >= 0.6 is 0 Å². The first-order chi connectivity index (χ1) is 7.67. The van der Waals surface area contributed by atoms with E-state index in [1.54, 1.807) is 6.20 Å². The molecule has 0 aliphatic heterocycles. The fourth-order valence-corrected chi connectivity index (χ4v) is 1.90. The summed E-state index contributed by atoms with van der Waals surface area (Å²) in [5.74, 6) is 1.28. The highest BCUT2D eigenvalue weighted by Gasteiger charge is 2.15. The van der Waals surface area contributed by atoms with Crippen molar-refractivity contribution >= 4 is 5.82 Å². The van der Waals surface area contributed by atoms with Crippen LogP contribution in [0.15, 0.2) is 18.3 Å². The third-order valence-corrected chi connectivity index (χ3v) is 3.10. The molecule has 0 saturated carbocycles. The van der Waals surface area contributed by atoms with Gasteiger partial charge in [0.15, 0.2) is 0 Å². The summed E-state index contributed by atoms with van der Waals surface area (Å²) in [6.07, 6.45) is 4.00. The average Bonchev–Trinajstić information content (AvgIpc) is 2.27. The third-order valence-electron chi connectivity index (χ3n) is 3.10. The standard InChI is InChI=1S/C13H23N3/c1-4-10(3)12(15-5-2)8-11-6-7-16-13(14)9-11/h6-7,9-10,12,15H,4-5,8H2,1-3H3,(H2,14,16). The van der Waals surface area contributed by atoms with E-state index in [0.29, 0.717) is 17.8 Å². The Morgan fingerprint density at radius 2 is 2.19 bits per heavy atom. The minimum Gasteiger partial charge on any atom is -0.384 e. The van der Waals surface area contributed by atoms with Crippen LogP contribution in [-0.4, -0.2) is 17.6 Å². The Kier molecular flexibility index (Phi) is 5.26. The van der Waals surface area contributed by atoms with Crippen LogP contribution in [0.5, 0.6) is 0 Å². The number of hydrogen-bond donors (Lipinski definition) is 2. The van der Waals surface area contributed by atoms with E-state index in [-0.39, 0.29) is 0 Å². The molecule has 0 aliphatic carbocycles. The van der Waals surface area contributed by atoms with Gasteiger partial charge in [0.2, 0.25) is 0 Å². The zero-order chi connectivity index (χ0) is 12.0. The maximum atomic E-state index is 5.69. The molecule has 3 heteroatoms. The van der Waals surface area contributed by atoms with Crippen molar-refractivity contribution in [3.05, 3.63) is 23.9 Å². The van der Waals surface area contributed by atoms with Gasteiger partial charge in [-0.25, -0.2) is 4.98 Å². The Bertz CT molecular complexity index is 312. The van der Waals surface area contributed by atoms with Crippen LogP contribution in [0.1, 0.15) is 32.8 Å². The lowest BCUT2D eigenvalue weighted by Crippen LogP contribution is -2.36. The Hall–Kier alpha value is -1.09. The average molecular weight is 221 g/mol. The fraction of sp³-hybridized carbons (Fsp3) is 0.615. The van der Waals surface area contributed by atoms with Crippen LogP contribution in [0.25, 0.3) is 0 Å². The first kappa shape index (κ1) is 13.0. The largest absolute Gasteiger partial charge is 0.384 e. The molecule has 16 heavy (non-hydrogen) atoms. The predicted octanol–water partition coefficient (Wildman–Crippen LogP) is 2.23. The summed E-state index contributed by atoms with van der Waals surface area (Å²) < 4.78 is 0. The van der Waals surface area contributed by atoms with Crippen LogP contribution < -0.4 is 11.1 Å². The second-order valence-electron chi connectivity index (χ2n) is 4.34. The Morgan fingerprint density at radius 3 is 2.75 bits per heavy atom. The van der Waals surface area contributed by atoms with E-state index in [0.717, 1.165) is 13.0 Å². The maximum absolute atomic E-state index is 5.69. The molecule has 90 valence electrons. The minimum absolute atomic E-state index is 0.525. The van der Waals surface area contributed by atoms with Crippen LogP contribution in [0.2, 0.25) is 0 Å². The lowest BCUT2D eigenvalue weighted by atomic mass is 9.93. The number of pyridine rings is 1. The van der Waals surface area contributed by atoms with Crippen molar-refractivity contribution in [1.29, 1.82) is 0 Å². The second-order valence-corrected chi connectivity index (χ2v) is 4.34. The molecule has 0 radical (unpaired) electrons. The first-order valence-electron chi connectivity index (χ1n) is 6.11. The molecule has 0 saturated heterocycles. The number of nitrogens with zero attached hydrogens (tertiary/aromatic N) is 1. The van der Waals surface area contributed by atoms with E-state index in [4.69, 9.17) is 5.73 Å². The van der Waals surface area contributed by atoms with Gasteiger partial charge in [-0.05, 0) is 36.6 Å². The molecule has 0 bridgehead atoms. The Morgan fingerprint density at radius 1 is 1.44 bits per heavy atom. The quantitative estimate of drug-likeness (QED) is 0.774. The minimum atomic E-state index is 0.525. The van der Waals surface area contributed by atoms with Crippen molar-refractivity contribution in [2.45, 2.75) is 39.7 Å². The SMILES string of the molecule is CCNC(Cc1ccnc(N)c1)C(C)CC. The normalized spacial score (nSPS) is 14.7. The molecule has 0 aromatic carbocycles. The van der Waals surface area contributed by atoms with Crippen molar-refractivity contribution in [2.24, 2.45) is 5.92 Å². The summed E-state index contributed by atoms with van der Waals surface area (Å²) in [6.45, 7) is 7.68. The van der Waals surface area contributed by atoms with Gasteiger partial charge in [-0.1, -0.05) is 27.2 Å². The van der Waals surface area contributed by atoms with E-state index in [2.05, 4.69) is 31.1 Å². The van der Waals surface area contributed by atoms with Gasteiger partial charge < -0.3 is 11.1 Å². The summed E-state index contributed by atoms with van der Waals surface area (Å²) >= 11 is 0. The van der Waals surface area contributed by atoms with Gasteiger partial charge in [-0.15, -0.1) is 0 Å². The summed E-state index contributed by atoms with van der Waals surface area (Å²) in [4.78, 5) is 4.02. The van der Waals surface area contributed by atoms with Gasteiger partial charge in [-0.3, -0.25) is 0 Å². The zero-order valence-electron chi connectivity index (χ0n) is 10.5. The zero-order valence-corrected chi connectivity index (χ0v) is 10.5. The molecular formula is C13H23N3. The summed E-state index contributed by atoms with van der Waals surface area (Å²) in [7, 11) is 0. The topological polar surface area (TPSA) is 50.9 Å². The lowest BCUT2D eigenvalue weighted by molar-refractivity contribution is 0.371. The number of nitrogens with two attached hydrogens (primary N) is 1. The number of hydrogen-bond acceptors (Lipinski definition) is 3. The fourth-order valence-electron chi connectivity index (χ4n) is 1.90. The van der Waals surface area contributed by atoms with Crippen molar-refractivity contribution < 1.29 is 0 Å². The number of aromatic nitrogens is 1. The first-order valence-corrected chi connectivity index (χ1v) is 6.11. The molecule has 0 fully saturated rings. The van der Waals surface area contributed by atoms with E-state index >= 15 is 0 Å². The van der Waals surface area contributed by atoms with Gasteiger partial charge in [0.1, 0.15) is 5.82 Å². The Balaban J connectivity index is 2.67. The van der Waals surface area contributed by atoms with Crippen LogP contribution in [0.4, 0.5) is 5.82 Å². The number of nitrogens with one attached hydrogen (secondary N) is 1. The molecule has 2 unspecified atom stereocenters. The maximum Gasteiger partial charge on any atom is 0.123 e. The van der Waals surface area contributed by atoms with Crippen molar-refractivity contribution in [1.82, 2.24) is 10.3 Å². The number of likely N-dealkylation sites (N-methyl/N-ethyl adjacent to an activating group) is 1. The molecule has 0 aliphatic rings. The van der Waals surface area contributed by atoms with E-state index in [9.17, 15) is 0 Å². The number of rotatable bonds is 6. The second kappa shape index (κ2) is 6.48. The molecule has 3 nitrogen and oxygen atoms in total. The summed E-state index contributed by atoms with van der Waals surface area (Å²) in [5.41, 5.74) is 6.95. The van der Waals surface area contributed by atoms with E-state index in [1.165, 1.54) is 12.0 Å². The van der Waals surface area contributed by atoms with Gasteiger partial charge in [0.25, 0.3) is 0 Å². The molecular weight excluding hydrogens is 198 g/mol. The molecule has 1 aromatic heterocycles. The molecule has 0 amide bonds. The highest BCUT2D eigenvalue weighted by molar-refractivity contribution is 5.32. The van der Waals surface area contributed by atoms with Crippen molar-refractivity contribution in [2.75, 3.05) is 12.3 Å². The van der Waals surface area contributed by atoms with Gasteiger partial charge in [0, 0.05) is 12.2 Å². The van der Waals surface area contributed by atoms with Crippen LogP contribution in [0.3, 0.4) is 0 Å².